The molecule has 0 aliphatic heterocycles. The largest absolute Gasteiger partial charge is 0.484 e. The SMILES string of the molecule is NCc1cccc(OCC(=O)NC(=O)c2ccc[nH]2)c1. The van der Waals surface area contributed by atoms with Gasteiger partial charge in [-0.3, -0.25) is 14.9 Å². The molecule has 6 nitrogen and oxygen atoms in total. The molecule has 1 heterocycles. The van der Waals surface area contributed by atoms with Crippen molar-refractivity contribution in [3.05, 3.63) is 53.9 Å². The Bertz CT molecular complexity index is 593. The fourth-order valence-corrected chi connectivity index (χ4v) is 1.61. The zero-order valence-corrected chi connectivity index (χ0v) is 10.8. The molecule has 6 heteroatoms. The molecule has 104 valence electrons. The average molecular weight is 273 g/mol. The van der Waals surface area contributed by atoms with Crippen molar-refractivity contribution in [3.63, 3.8) is 0 Å². The Hall–Kier alpha value is -2.60. The molecule has 2 rings (SSSR count). The van der Waals surface area contributed by atoms with Crippen LogP contribution in [0.4, 0.5) is 0 Å². The van der Waals surface area contributed by atoms with Gasteiger partial charge in [0.05, 0.1) is 0 Å². The number of ether oxygens (including phenoxy) is 1. The summed E-state index contributed by atoms with van der Waals surface area (Å²) in [5, 5.41) is 2.22. The molecule has 0 saturated heterocycles. The molecule has 0 aliphatic rings. The Morgan fingerprint density at radius 2 is 2.10 bits per heavy atom. The molecule has 0 fully saturated rings. The van der Waals surface area contributed by atoms with Crippen molar-refractivity contribution >= 4 is 11.8 Å². The van der Waals surface area contributed by atoms with Gasteiger partial charge in [0.25, 0.3) is 11.8 Å². The third-order valence-corrected chi connectivity index (χ3v) is 2.60. The summed E-state index contributed by atoms with van der Waals surface area (Å²) in [5.74, 6) is -0.461. The molecule has 1 aromatic carbocycles. The zero-order chi connectivity index (χ0) is 14.4. The first-order chi connectivity index (χ1) is 9.69. The van der Waals surface area contributed by atoms with Gasteiger partial charge in [0, 0.05) is 12.7 Å². The summed E-state index contributed by atoms with van der Waals surface area (Å²) in [6, 6.07) is 10.4. The lowest BCUT2D eigenvalue weighted by atomic mass is 10.2. The van der Waals surface area contributed by atoms with E-state index in [0.717, 1.165) is 5.56 Å². The summed E-state index contributed by atoms with van der Waals surface area (Å²) in [5.41, 5.74) is 6.74. The lowest BCUT2D eigenvalue weighted by Gasteiger charge is -2.07. The molecule has 20 heavy (non-hydrogen) atoms. The molecule has 4 N–H and O–H groups in total. The Morgan fingerprint density at radius 1 is 1.25 bits per heavy atom. The fraction of sp³-hybridized carbons (Fsp3) is 0.143. The lowest BCUT2D eigenvalue weighted by molar-refractivity contribution is -0.122. The van der Waals surface area contributed by atoms with Crippen LogP contribution in [0.2, 0.25) is 0 Å². The highest BCUT2D eigenvalue weighted by molar-refractivity contribution is 6.04. The molecule has 2 aromatic rings. The average Bonchev–Trinajstić information content (AvgIpc) is 2.99. The molecule has 0 saturated carbocycles. The van der Waals surface area contributed by atoms with Crippen molar-refractivity contribution in [2.24, 2.45) is 5.73 Å². The van der Waals surface area contributed by atoms with E-state index in [9.17, 15) is 9.59 Å². The van der Waals surface area contributed by atoms with Crippen LogP contribution >= 0.6 is 0 Å². The normalized spacial score (nSPS) is 10.1. The predicted octanol–water partition coefficient (Wildman–Crippen LogP) is 0.809. The first-order valence-electron chi connectivity index (χ1n) is 6.08. The Labute approximate surface area is 115 Å². The third-order valence-electron chi connectivity index (χ3n) is 2.60. The molecule has 0 radical (unpaired) electrons. The minimum atomic E-state index is -0.511. The van der Waals surface area contributed by atoms with E-state index < -0.39 is 11.8 Å². The number of hydrogen-bond donors (Lipinski definition) is 3. The molecule has 0 unspecified atom stereocenters. The van der Waals surface area contributed by atoms with Gasteiger partial charge in [0.1, 0.15) is 11.4 Å². The Morgan fingerprint density at radius 3 is 2.80 bits per heavy atom. The Balaban J connectivity index is 1.84. The summed E-state index contributed by atoms with van der Waals surface area (Å²) in [6.45, 7) is 0.162. The van der Waals surface area contributed by atoms with Crippen LogP contribution < -0.4 is 15.8 Å². The van der Waals surface area contributed by atoms with Gasteiger partial charge in [-0.1, -0.05) is 12.1 Å². The smallest absolute Gasteiger partial charge is 0.274 e. The lowest BCUT2D eigenvalue weighted by Crippen LogP contribution is -2.34. The van der Waals surface area contributed by atoms with Gasteiger partial charge in [-0.2, -0.15) is 0 Å². The van der Waals surface area contributed by atoms with E-state index in [1.165, 1.54) is 0 Å². The predicted molar refractivity (Wildman–Crippen MR) is 73.1 cm³/mol. The number of H-pyrrole nitrogens is 1. The molecular formula is C14H15N3O3. The van der Waals surface area contributed by atoms with E-state index in [0.29, 0.717) is 18.0 Å². The highest BCUT2D eigenvalue weighted by Crippen LogP contribution is 2.12. The highest BCUT2D eigenvalue weighted by atomic mass is 16.5. The van der Waals surface area contributed by atoms with Gasteiger partial charge in [0.2, 0.25) is 0 Å². The third kappa shape index (κ3) is 3.69. The van der Waals surface area contributed by atoms with Crippen molar-refractivity contribution in [1.82, 2.24) is 10.3 Å². The molecule has 1 aromatic heterocycles. The quantitative estimate of drug-likeness (QED) is 0.751. The van der Waals surface area contributed by atoms with Crippen LogP contribution in [0.1, 0.15) is 16.1 Å². The van der Waals surface area contributed by atoms with Gasteiger partial charge >= 0.3 is 0 Å². The topological polar surface area (TPSA) is 97.2 Å². The number of amides is 2. The zero-order valence-electron chi connectivity index (χ0n) is 10.8. The van der Waals surface area contributed by atoms with Gasteiger partial charge in [-0.25, -0.2) is 0 Å². The standard InChI is InChI=1S/C14H15N3O3/c15-8-10-3-1-4-11(7-10)20-9-13(18)17-14(19)12-5-2-6-16-12/h1-7,16H,8-9,15H2,(H,17,18,19). The monoisotopic (exact) mass is 273 g/mol. The summed E-state index contributed by atoms with van der Waals surface area (Å²) >= 11 is 0. The van der Waals surface area contributed by atoms with Crippen molar-refractivity contribution in [2.45, 2.75) is 6.54 Å². The van der Waals surface area contributed by atoms with Crippen LogP contribution in [0.15, 0.2) is 42.6 Å². The van der Waals surface area contributed by atoms with Crippen molar-refractivity contribution in [3.8, 4) is 5.75 Å². The number of aromatic nitrogens is 1. The fourth-order valence-electron chi connectivity index (χ4n) is 1.61. The van der Waals surface area contributed by atoms with Gasteiger partial charge in [-0.05, 0) is 29.8 Å². The molecule has 0 bridgehead atoms. The first-order valence-corrected chi connectivity index (χ1v) is 6.08. The molecule has 0 aliphatic carbocycles. The minimum absolute atomic E-state index is 0.236. The number of carbonyl (C=O) groups is 2. The Kier molecular flexibility index (Phi) is 4.52. The van der Waals surface area contributed by atoms with E-state index in [1.807, 2.05) is 6.07 Å². The maximum absolute atomic E-state index is 11.6. The number of aromatic amines is 1. The highest BCUT2D eigenvalue weighted by Gasteiger charge is 2.11. The van der Waals surface area contributed by atoms with Crippen LogP contribution in [0.5, 0.6) is 5.75 Å². The number of hydrogen-bond acceptors (Lipinski definition) is 4. The van der Waals surface area contributed by atoms with Crippen molar-refractivity contribution < 1.29 is 14.3 Å². The summed E-state index contributed by atoms with van der Waals surface area (Å²) in [7, 11) is 0. The second-order valence-electron chi connectivity index (χ2n) is 4.10. The second-order valence-corrected chi connectivity index (χ2v) is 4.10. The van der Waals surface area contributed by atoms with Gasteiger partial charge in [-0.15, -0.1) is 0 Å². The number of benzene rings is 1. The van der Waals surface area contributed by atoms with Crippen LogP contribution in [0, 0.1) is 0 Å². The van der Waals surface area contributed by atoms with E-state index in [1.54, 1.807) is 36.5 Å². The van der Waals surface area contributed by atoms with E-state index in [2.05, 4.69) is 10.3 Å². The van der Waals surface area contributed by atoms with Crippen molar-refractivity contribution in [2.75, 3.05) is 6.61 Å². The van der Waals surface area contributed by atoms with E-state index in [4.69, 9.17) is 10.5 Å². The van der Waals surface area contributed by atoms with Crippen LogP contribution in [0.3, 0.4) is 0 Å². The number of imide groups is 1. The van der Waals surface area contributed by atoms with Crippen LogP contribution in [0.25, 0.3) is 0 Å². The summed E-state index contributed by atoms with van der Waals surface area (Å²) in [4.78, 5) is 25.9. The second kappa shape index (κ2) is 6.53. The van der Waals surface area contributed by atoms with Crippen LogP contribution in [-0.2, 0) is 11.3 Å². The first kappa shape index (κ1) is 13.8. The number of carbonyl (C=O) groups excluding carboxylic acids is 2. The van der Waals surface area contributed by atoms with Gasteiger partial charge in [0.15, 0.2) is 6.61 Å². The number of nitrogens with one attached hydrogen (secondary N) is 2. The van der Waals surface area contributed by atoms with E-state index in [-0.39, 0.29) is 6.61 Å². The number of rotatable bonds is 5. The summed E-state index contributed by atoms with van der Waals surface area (Å²) in [6.07, 6.45) is 1.61. The van der Waals surface area contributed by atoms with Gasteiger partial charge < -0.3 is 15.5 Å². The maximum Gasteiger partial charge on any atom is 0.274 e. The molecular weight excluding hydrogens is 258 g/mol. The molecule has 0 atom stereocenters. The minimum Gasteiger partial charge on any atom is -0.484 e. The van der Waals surface area contributed by atoms with Crippen LogP contribution in [-0.4, -0.2) is 23.4 Å². The summed E-state index contributed by atoms with van der Waals surface area (Å²) < 4.78 is 5.30. The maximum atomic E-state index is 11.6. The van der Waals surface area contributed by atoms with E-state index >= 15 is 0 Å². The molecule has 2 amide bonds. The number of nitrogens with two attached hydrogens (primary N) is 1. The van der Waals surface area contributed by atoms with Crippen molar-refractivity contribution in [1.29, 1.82) is 0 Å². The molecule has 0 spiro atoms.